The molecule has 96 valence electrons. The van der Waals surface area contributed by atoms with Crippen LogP contribution in [0, 0.1) is 6.92 Å². The second kappa shape index (κ2) is 4.82. The SMILES string of the molecule is Cc1nc(CN)sc1-c1nc(-c2ccncn2)no1. The molecule has 3 heterocycles. The molecular weight excluding hydrogens is 264 g/mol. The molecule has 0 aliphatic heterocycles. The third-order valence-corrected chi connectivity index (χ3v) is 3.61. The lowest BCUT2D eigenvalue weighted by Crippen LogP contribution is -1.94. The van der Waals surface area contributed by atoms with Crippen molar-refractivity contribution in [1.82, 2.24) is 25.1 Å². The van der Waals surface area contributed by atoms with Crippen molar-refractivity contribution in [3.05, 3.63) is 29.3 Å². The molecule has 0 radical (unpaired) electrons. The van der Waals surface area contributed by atoms with Crippen molar-refractivity contribution in [2.24, 2.45) is 5.73 Å². The van der Waals surface area contributed by atoms with Crippen LogP contribution in [0.25, 0.3) is 22.3 Å². The van der Waals surface area contributed by atoms with E-state index in [1.54, 1.807) is 12.3 Å². The van der Waals surface area contributed by atoms with Crippen molar-refractivity contribution >= 4 is 11.3 Å². The van der Waals surface area contributed by atoms with Crippen molar-refractivity contribution in [1.29, 1.82) is 0 Å². The first-order valence-electron chi connectivity index (χ1n) is 5.54. The summed E-state index contributed by atoms with van der Waals surface area (Å²) in [5.41, 5.74) is 7.02. The van der Waals surface area contributed by atoms with Crippen LogP contribution in [0.1, 0.15) is 10.7 Å². The Morgan fingerprint density at radius 1 is 1.37 bits per heavy atom. The van der Waals surface area contributed by atoms with Gasteiger partial charge < -0.3 is 10.3 Å². The molecule has 8 heteroatoms. The standard InChI is InChI=1S/C11H10N6OS/c1-6-9(19-8(4-12)15-6)11-16-10(17-18-11)7-2-3-13-5-14-7/h2-3,5H,4,12H2,1H3. The van der Waals surface area contributed by atoms with E-state index in [2.05, 4.69) is 25.1 Å². The van der Waals surface area contributed by atoms with Crippen LogP contribution in [-0.2, 0) is 6.54 Å². The van der Waals surface area contributed by atoms with E-state index in [0.717, 1.165) is 15.6 Å². The fraction of sp³-hybridized carbons (Fsp3) is 0.182. The van der Waals surface area contributed by atoms with Gasteiger partial charge in [0.2, 0.25) is 5.82 Å². The van der Waals surface area contributed by atoms with Crippen molar-refractivity contribution in [3.8, 4) is 22.3 Å². The number of aromatic nitrogens is 5. The van der Waals surface area contributed by atoms with E-state index in [1.165, 1.54) is 17.7 Å². The topological polar surface area (TPSA) is 104 Å². The largest absolute Gasteiger partial charge is 0.333 e. The molecule has 7 nitrogen and oxygen atoms in total. The van der Waals surface area contributed by atoms with Gasteiger partial charge in [0.1, 0.15) is 21.9 Å². The summed E-state index contributed by atoms with van der Waals surface area (Å²) in [5.74, 6) is 0.864. The summed E-state index contributed by atoms with van der Waals surface area (Å²) in [4.78, 5) is 17.4. The van der Waals surface area contributed by atoms with Crippen LogP contribution in [0.5, 0.6) is 0 Å². The van der Waals surface area contributed by atoms with E-state index in [9.17, 15) is 0 Å². The van der Waals surface area contributed by atoms with Gasteiger partial charge in [-0.1, -0.05) is 5.16 Å². The average Bonchev–Trinajstić information content (AvgIpc) is 3.06. The Kier molecular flexibility index (Phi) is 3.02. The summed E-state index contributed by atoms with van der Waals surface area (Å²) in [7, 11) is 0. The van der Waals surface area contributed by atoms with E-state index in [0.29, 0.717) is 24.0 Å². The third kappa shape index (κ3) is 2.23. The van der Waals surface area contributed by atoms with Gasteiger partial charge in [0.25, 0.3) is 5.89 Å². The number of rotatable bonds is 3. The molecule has 0 unspecified atom stereocenters. The highest BCUT2D eigenvalue weighted by Crippen LogP contribution is 2.29. The molecule has 0 bridgehead atoms. The maximum Gasteiger partial charge on any atom is 0.270 e. The van der Waals surface area contributed by atoms with E-state index < -0.39 is 0 Å². The van der Waals surface area contributed by atoms with Gasteiger partial charge >= 0.3 is 0 Å². The predicted octanol–water partition coefficient (Wildman–Crippen LogP) is 1.42. The fourth-order valence-corrected chi connectivity index (χ4v) is 2.45. The first-order chi connectivity index (χ1) is 9.28. The Morgan fingerprint density at radius 2 is 2.26 bits per heavy atom. The van der Waals surface area contributed by atoms with Crippen molar-refractivity contribution in [3.63, 3.8) is 0 Å². The van der Waals surface area contributed by atoms with Crippen LogP contribution in [0.15, 0.2) is 23.1 Å². The highest BCUT2D eigenvalue weighted by molar-refractivity contribution is 7.15. The molecule has 3 aromatic heterocycles. The summed E-state index contributed by atoms with van der Waals surface area (Å²) in [5, 5.41) is 4.75. The van der Waals surface area contributed by atoms with Crippen molar-refractivity contribution in [2.75, 3.05) is 0 Å². The van der Waals surface area contributed by atoms with Crippen molar-refractivity contribution in [2.45, 2.75) is 13.5 Å². The van der Waals surface area contributed by atoms with Gasteiger partial charge in [-0.25, -0.2) is 15.0 Å². The highest BCUT2D eigenvalue weighted by atomic mass is 32.1. The molecular formula is C11H10N6OS. The first-order valence-corrected chi connectivity index (χ1v) is 6.36. The number of hydrogen-bond donors (Lipinski definition) is 1. The molecule has 0 atom stereocenters. The fourth-order valence-electron chi connectivity index (χ4n) is 1.58. The molecule has 0 saturated heterocycles. The molecule has 0 spiro atoms. The van der Waals surface area contributed by atoms with Crippen LogP contribution >= 0.6 is 11.3 Å². The Hall–Kier alpha value is -2.19. The lowest BCUT2D eigenvalue weighted by Gasteiger charge is -1.89. The zero-order valence-corrected chi connectivity index (χ0v) is 10.9. The summed E-state index contributed by atoms with van der Waals surface area (Å²) in [6, 6.07) is 1.72. The molecule has 0 fully saturated rings. The van der Waals surface area contributed by atoms with Crippen LogP contribution in [0.3, 0.4) is 0 Å². The quantitative estimate of drug-likeness (QED) is 0.770. The van der Waals surface area contributed by atoms with Gasteiger partial charge in [-0.15, -0.1) is 11.3 Å². The highest BCUT2D eigenvalue weighted by Gasteiger charge is 2.17. The smallest absolute Gasteiger partial charge is 0.270 e. The minimum atomic E-state index is 0.401. The van der Waals surface area contributed by atoms with Gasteiger partial charge in [0.15, 0.2) is 0 Å². The second-order valence-electron chi connectivity index (χ2n) is 3.74. The first kappa shape index (κ1) is 11.9. The maximum absolute atomic E-state index is 5.57. The number of hydrogen-bond acceptors (Lipinski definition) is 8. The Labute approximate surface area is 112 Å². The van der Waals surface area contributed by atoms with Crippen LogP contribution in [-0.4, -0.2) is 25.1 Å². The summed E-state index contributed by atoms with van der Waals surface area (Å²) in [6.07, 6.45) is 3.07. The molecule has 0 aromatic carbocycles. The molecule has 0 aliphatic rings. The zero-order chi connectivity index (χ0) is 13.2. The summed E-state index contributed by atoms with van der Waals surface area (Å²) >= 11 is 1.46. The van der Waals surface area contributed by atoms with Gasteiger partial charge in [-0.2, -0.15) is 4.98 Å². The van der Waals surface area contributed by atoms with Crippen LogP contribution in [0.2, 0.25) is 0 Å². The molecule has 0 aliphatic carbocycles. The lowest BCUT2D eigenvalue weighted by molar-refractivity contribution is 0.432. The maximum atomic E-state index is 5.57. The van der Waals surface area contributed by atoms with Crippen LogP contribution in [0.4, 0.5) is 0 Å². The lowest BCUT2D eigenvalue weighted by atomic mass is 10.4. The summed E-state index contributed by atoms with van der Waals surface area (Å²) < 4.78 is 5.25. The predicted molar refractivity (Wildman–Crippen MR) is 69.1 cm³/mol. The Balaban J connectivity index is 1.99. The molecule has 3 rings (SSSR count). The van der Waals surface area contributed by atoms with Gasteiger partial charge in [-0.05, 0) is 13.0 Å². The second-order valence-corrected chi connectivity index (χ2v) is 4.83. The van der Waals surface area contributed by atoms with Crippen molar-refractivity contribution < 1.29 is 4.52 Å². The number of thiazole rings is 1. The molecule has 2 N–H and O–H groups in total. The Bertz CT molecular complexity index is 692. The van der Waals surface area contributed by atoms with Gasteiger partial charge in [0.05, 0.1) is 5.69 Å². The summed E-state index contributed by atoms with van der Waals surface area (Å²) in [6.45, 7) is 2.29. The number of nitrogens with two attached hydrogens (primary N) is 1. The average molecular weight is 274 g/mol. The normalized spacial score (nSPS) is 10.8. The molecule has 0 saturated carbocycles. The molecule has 0 amide bonds. The van der Waals surface area contributed by atoms with Crippen LogP contribution < -0.4 is 5.73 Å². The van der Waals surface area contributed by atoms with E-state index in [4.69, 9.17) is 10.3 Å². The van der Waals surface area contributed by atoms with Gasteiger partial charge in [-0.3, -0.25) is 0 Å². The third-order valence-electron chi connectivity index (χ3n) is 2.45. The minimum absolute atomic E-state index is 0.401. The van der Waals surface area contributed by atoms with E-state index in [1.807, 2.05) is 6.92 Å². The Morgan fingerprint density at radius 3 is 2.95 bits per heavy atom. The number of aryl methyl sites for hydroxylation is 1. The minimum Gasteiger partial charge on any atom is -0.333 e. The van der Waals surface area contributed by atoms with E-state index in [-0.39, 0.29) is 0 Å². The number of nitrogens with zero attached hydrogens (tertiary/aromatic N) is 5. The van der Waals surface area contributed by atoms with E-state index >= 15 is 0 Å². The molecule has 19 heavy (non-hydrogen) atoms. The van der Waals surface area contributed by atoms with Gasteiger partial charge in [0, 0.05) is 12.7 Å². The molecule has 3 aromatic rings. The monoisotopic (exact) mass is 274 g/mol. The zero-order valence-electron chi connectivity index (χ0n) is 10.1.